The van der Waals surface area contributed by atoms with Crippen LogP contribution < -0.4 is 16.4 Å². The van der Waals surface area contributed by atoms with Crippen LogP contribution in [0.3, 0.4) is 0 Å². The molecule has 1 aliphatic rings. The molecule has 2 rings (SSSR count). The first-order chi connectivity index (χ1) is 8.97. The van der Waals surface area contributed by atoms with Crippen molar-refractivity contribution in [3.63, 3.8) is 0 Å². The first-order valence-electron chi connectivity index (χ1n) is 6.44. The van der Waals surface area contributed by atoms with Crippen molar-refractivity contribution in [2.24, 2.45) is 11.7 Å². The zero-order valence-corrected chi connectivity index (χ0v) is 11.2. The number of amides is 2. The van der Waals surface area contributed by atoms with Gasteiger partial charge in [-0.1, -0.05) is 19.9 Å². The number of anilines is 1. The summed E-state index contributed by atoms with van der Waals surface area (Å²) in [6.45, 7) is 4.48. The monoisotopic (exact) mass is 261 g/mol. The van der Waals surface area contributed by atoms with Gasteiger partial charge in [0.1, 0.15) is 0 Å². The molecule has 4 N–H and O–H groups in total. The average Bonchev–Trinajstić information content (AvgIpc) is 2.74. The maximum absolute atomic E-state index is 12.0. The van der Waals surface area contributed by atoms with Crippen LogP contribution in [0.2, 0.25) is 0 Å². The summed E-state index contributed by atoms with van der Waals surface area (Å²) in [5.41, 5.74) is 8.08. The molecule has 0 saturated heterocycles. The number of nitrogens with one attached hydrogen (secondary N) is 2. The summed E-state index contributed by atoms with van der Waals surface area (Å²) in [4.78, 5) is 23.2. The van der Waals surface area contributed by atoms with E-state index in [1.807, 2.05) is 19.9 Å². The zero-order chi connectivity index (χ0) is 14.0. The van der Waals surface area contributed by atoms with Gasteiger partial charge >= 0.3 is 0 Å². The maximum atomic E-state index is 12.0. The minimum absolute atomic E-state index is 0.0330. The molecule has 1 aromatic carbocycles. The molecule has 2 amide bonds. The Bertz CT molecular complexity index is 511. The lowest BCUT2D eigenvalue weighted by atomic mass is 10.1. The third-order valence-electron chi connectivity index (χ3n) is 3.35. The summed E-state index contributed by atoms with van der Waals surface area (Å²) in [5, 5.41) is 5.54. The van der Waals surface area contributed by atoms with Gasteiger partial charge in [-0.25, -0.2) is 0 Å². The van der Waals surface area contributed by atoms with E-state index in [2.05, 4.69) is 10.6 Å². The third kappa shape index (κ3) is 3.12. The highest BCUT2D eigenvalue weighted by molar-refractivity contribution is 6.02. The van der Waals surface area contributed by atoms with E-state index < -0.39 is 0 Å². The lowest BCUT2D eigenvalue weighted by Crippen LogP contribution is -2.40. The van der Waals surface area contributed by atoms with E-state index in [1.165, 1.54) is 0 Å². The van der Waals surface area contributed by atoms with Crippen LogP contribution in [0.5, 0.6) is 0 Å². The minimum atomic E-state index is -0.167. The largest absolute Gasteiger partial charge is 0.350 e. The Hall–Kier alpha value is -1.88. The number of carbonyl (C=O) groups excluding carboxylic acids is 2. The summed E-state index contributed by atoms with van der Waals surface area (Å²) in [6.07, 6.45) is 0.384. The van der Waals surface area contributed by atoms with Crippen molar-refractivity contribution in [2.75, 3.05) is 11.9 Å². The van der Waals surface area contributed by atoms with Gasteiger partial charge in [0.2, 0.25) is 5.91 Å². The normalized spacial score (nSPS) is 15.1. The summed E-state index contributed by atoms with van der Waals surface area (Å²) in [6, 6.07) is 5.19. The first-order valence-corrected chi connectivity index (χ1v) is 6.44. The van der Waals surface area contributed by atoms with Crippen LogP contribution in [0.4, 0.5) is 5.69 Å². The molecule has 1 heterocycles. The highest BCUT2D eigenvalue weighted by Crippen LogP contribution is 2.23. The average molecular weight is 261 g/mol. The van der Waals surface area contributed by atoms with Crippen molar-refractivity contribution in [1.29, 1.82) is 0 Å². The molecular weight excluding hydrogens is 242 g/mol. The van der Waals surface area contributed by atoms with Crippen LogP contribution in [-0.2, 0) is 11.2 Å². The second-order valence-corrected chi connectivity index (χ2v) is 5.21. The molecule has 102 valence electrons. The molecule has 0 radical (unpaired) electrons. The van der Waals surface area contributed by atoms with Gasteiger partial charge in [-0.15, -0.1) is 0 Å². The Morgan fingerprint density at radius 1 is 1.47 bits per heavy atom. The molecule has 0 saturated carbocycles. The van der Waals surface area contributed by atoms with E-state index in [0.29, 0.717) is 24.4 Å². The quantitative estimate of drug-likeness (QED) is 0.752. The summed E-state index contributed by atoms with van der Waals surface area (Å²) in [5.74, 6) is 0.119. The Kier molecular flexibility index (Phi) is 3.85. The molecular formula is C14H19N3O2. The van der Waals surface area contributed by atoms with Gasteiger partial charge in [-0.3, -0.25) is 9.59 Å². The second-order valence-electron chi connectivity index (χ2n) is 5.21. The Labute approximate surface area is 112 Å². The number of benzene rings is 1. The van der Waals surface area contributed by atoms with E-state index in [0.717, 1.165) is 11.3 Å². The Morgan fingerprint density at radius 2 is 2.21 bits per heavy atom. The predicted molar refractivity (Wildman–Crippen MR) is 73.9 cm³/mol. The molecule has 0 bridgehead atoms. The van der Waals surface area contributed by atoms with Crippen molar-refractivity contribution < 1.29 is 9.59 Å². The van der Waals surface area contributed by atoms with Gasteiger partial charge in [0.15, 0.2) is 0 Å². The molecule has 0 fully saturated rings. The molecule has 5 heteroatoms. The molecule has 0 aromatic heterocycles. The first kappa shape index (κ1) is 13.5. The minimum Gasteiger partial charge on any atom is -0.350 e. The highest BCUT2D eigenvalue weighted by atomic mass is 16.2. The van der Waals surface area contributed by atoms with Crippen LogP contribution in [0.1, 0.15) is 29.8 Å². The van der Waals surface area contributed by atoms with E-state index in [9.17, 15) is 9.59 Å². The molecule has 1 aromatic rings. The van der Waals surface area contributed by atoms with Crippen molar-refractivity contribution in [3.8, 4) is 0 Å². The van der Waals surface area contributed by atoms with Crippen LogP contribution in [0, 0.1) is 5.92 Å². The summed E-state index contributed by atoms with van der Waals surface area (Å²) in [7, 11) is 0. The maximum Gasteiger partial charge on any atom is 0.251 e. The number of rotatable bonds is 4. The molecule has 1 unspecified atom stereocenters. The van der Waals surface area contributed by atoms with Crippen molar-refractivity contribution in [1.82, 2.24) is 5.32 Å². The Morgan fingerprint density at radius 3 is 2.89 bits per heavy atom. The fourth-order valence-electron chi connectivity index (χ4n) is 1.90. The van der Waals surface area contributed by atoms with Crippen molar-refractivity contribution >= 4 is 17.5 Å². The van der Waals surface area contributed by atoms with Crippen LogP contribution in [0.25, 0.3) is 0 Å². The lowest BCUT2D eigenvalue weighted by Gasteiger charge is -2.16. The lowest BCUT2D eigenvalue weighted by molar-refractivity contribution is -0.115. The van der Waals surface area contributed by atoms with E-state index >= 15 is 0 Å². The van der Waals surface area contributed by atoms with Crippen LogP contribution in [-0.4, -0.2) is 24.4 Å². The fraction of sp³-hybridized carbons (Fsp3) is 0.429. The highest BCUT2D eigenvalue weighted by Gasteiger charge is 2.19. The van der Waals surface area contributed by atoms with Gasteiger partial charge in [-0.2, -0.15) is 0 Å². The van der Waals surface area contributed by atoms with Gasteiger partial charge in [-0.05, 0) is 23.6 Å². The number of hydrogen-bond donors (Lipinski definition) is 3. The van der Waals surface area contributed by atoms with Crippen molar-refractivity contribution in [3.05, 3.63) is 29.3 Å². The molecule has 0 aliphatic carbocycles. The number of carbonyl (C=O) groups is 2. The van der Waals surface area contributed by atoms with E-state index in [4.69, 9.17) is 5.73 Å². The second kappa shape index (κ2) is 5.40. The van der Waals surface area contributed by atoms with Crippen LogP contribution >= 0.6 is 0 Å². The third-order valence-corrected chi connectivity index (χ3v) is 3.35. The number of nitrogens with two attached hydrogens (primary N) is 1. The van der Waals surface area contributed by atoms with Gasteiger partial charge in [0, 0.05) is 23.8 Å². The SMILES string of the molecule is CC(C)C(N)CNC(=O)c1ccc2c(c1)NC(=O)C2. The zero-order valence-electron chi connectivity index (χ0n) is 11.2. The smallest absolute Gasteiger partial charge is 0.251 e. The summed E-state index contributed by atoms with van der Waals surface area (Å²) >= 11 is 0. The molecule has 1 aliphatic heterocycles. The van der Waals surface area contributed by atoms with Gasteiger partial charge < -0.3 is 16.4 Å². The fourth-order valence-corrected chi connectivity index (χ4v) is 1.90. The molecule has 1 atom stereocenters. The predicted octanol–water partition coefficient (Wildman–Crippen LogP) is 0.894. The van der Waals surface area contributed by atoms with E-state index in [1.54, 1.807) is 12.1 Å². The molecule has 5 nitrogen and oxygen atoms in total. The van der Waals surface area contributed by atoms with Gasteiger partial charge in [0.05, 0.1) is 6.42 Å². The summed E-state index contributed by atoms with van der Waals surface area (Å²) < 4.78 is 0. The van der Waals surface area contributed by atoms with Crippen LogP contribution in [0.15, 0.2) is 18.2 Å². The topological polar surface area (TPSA) is 84.2 Å². The Balaban J connectivity index is 2.01. The molecule has 19 heavy (non-hydrogen) atoms. The van der Waals surface area contributed by atoms with Crippen molar-refractivity contribution in [2.45, 2.75) is 26.3 Å². The number of hydrogen-bond acceptors (Lipinski definition) is 3. The molecule has 0 spiro atoms. The van der Waals surface area contributed by atoms with Gasteiger partial charge in [0.25, 0.3) is 5.91 Å². The standard InChI is InChI=1S/C14H19N3O2/c1-8(2)11(15)7-16-14(19)10-4-3-9-6-13(18)17-12(9)5-10/h3-5,8,11H,6-7,15H2,1-2H3,(H,16,19)(H,17,18). The number of fused-ring (bicyclic) bond motifs is 1. The van der Waals surface area contributed by atoms with E-state index in [-0.39, 0.29) is 17.9 Å².